The molecule has 2 amide bonds. The van der Waals surface area contributed by atoms with Gasteiger partial charge in [0.2, 0.25) is 11.8 Å². The number of carbonyl (C=O) groups excluding carboxylic acids is 2. The second kappa shape index (κ2) is 9.71. The molecule has 26 heavy (non-hydrogen) atoms. The summed E-state index contributed by atoms with van der Waals surface area (Å²) in [7, 11) is 0. The molecule has 3 rings (SSSR count). The van der Waals surface area contributed by atoms with E-state index in [1.807, 2.05) is 11.1 Å². The average molecular weight is 361 g/mol. The molecule has 2 N–H and O–H groups in total. The van der Waals surface area contributed by atoms with Crippen LogP contribution in [0.1, 0.15) is 56.7 Å². The number of piperidine rings is 1. The summed E-state index contributed by atoms with van der Waals surface area (Å²) in [5, 5.41) is 3.01. The van der Waals surface area contributed by atoms with E-state index < -0.39 is 0 Å². The fourth-order valence-corrected chi connectivity index (χ4v) is 3.95. The summed E-state index contributed by atoms with van der Waals surface area (Å²) in [6, 6.07) is 0. The van der Waals surface area contributed by atoms with Crippen molar-refractivity contribution in [1.29, 1.82) is 0 Å². The minimum absolute atomic E-state index is 0.0762. The molecule has 2 saturated heterocycles. The number of carbonyl (C=O) groups is 2. The van der Waals surface area contributed by atoms with Crippen LogP contribution < -0.4 is 5.32 Å². The SMILES string of the molecule is O=C(CN1CCC[C@@H](c2ncc[nH]2)C1)NCCCN1CCCCCC1=O. The Morgan fingerprint density at radius 1 is 1.27 bits per heavy atom. The van der Waals surface area contributed by atoms with Gasteiger partial charge in [-0.15, -0.1) is 0 Å². The van der Waals surface area contributed by atoms with E-state index in [1.165, 1.54) is 0 Å². The Kier molecular flexibility index (Phi) is 7.05. The molecule has 2 aliphatic heterocycles. The van der Waals surface area contributed by atoms with Crippen LogP contribution in [0.4, 0.5) is 0 Å². The fraction of sp³-hybridized carbons (Fsp3) is 0.737. The summed E-state index contributed by atoms with van der Waals surface area (Å²) >= 11 is 0. The molecule has 0 aromatic carbocycles. The van der Waals surface area contributed by atoms with Crippen molar-refractivity contribution in [2.24, 2.45) is 0 Å². The molecule has 0 radical (unpaired) electrons. The highest BCUT2D eigenvalue weighted by Crippen LogP contribution is 2.23. The van der Waals surface area contributed by atoms with Gasteiger partial charge in [-0.3, -0.25) is 14.5 Å². The number of amides is 2. The molecule has 3 heterocycles. The van der Waals surface area contributed by atoms with Gasteiger partial charge < -0.3 is 15.2 Å². The number of hydrogen-bond donors (Lipinski definition) is 2. The van der Waals surface area contributed by atoms with E-state index >= 15 is 0 Å². The Morgan fingerprint density at radius 2 is 2.19 bits per heavy atom. The molecule has 0 saturated carbocycles. The second-order valence-electron chi connectivity index (χ2n) is 7.44. The molecule has 0 unspecified atom stereocenters. The molecule has 7 nitrogen and oxygen atoms in total. The van der Waals surface area contributed by atoms with Crippen molar-refractivity contribution in [3.8, 4) is 0 Å². The molecular weight excluding hydrogens is 330 g/mol. The van der Waals surface area contributed by atoms with E-state index in [4.69, 9.17) is 0 Å². The van der Waals surface area contributed by atoms with E-state index in [-0.39, 0.29) is 11.8 Å². The number of hydrogen-bond acceptors (Lipinski definition) is 4. The quantitative estimate of drug-likeness (QED) is 0.721. The van der Waals surface area contributed by atoms with Crippen molar-refractivity contribution in [3.63, 3.8) is 0 Å². The van der Waals surface area contributed by atoms with Crippen LogP contribution in [0.5, 0.6) is 0 Å². The lowest BCUT2D eigenvalue weighted by Crippen LogP contribution is -2.42. The van der Waals surface area contributed by atoms with Crippen LogP contribution in [-0.4, -0.2) is 70.9 Å². The highest BCUT2D eigenvalue weighted by molar-refractivity contribution is 5.78. The lowest BCUT2D eigenvalue weighted by atomic mass is 9.97. The molecular formula is C19H31N5O2. The molecule has 0 aliphatic carbocycles. The Morgan fingerprint density at radius 3 is 3.04 bits per heavy atom. The lowest BCUT2D eigenvalue weighted by Gasteiger charge is -2.31. The molecule has 1 atom stereocenters. The Labute approximate surface area is 155 Å². The summed E-state index contributed by atoms with van der Waals surface area (Å²) in [6.07, 6.45) is 10.6. The highest BCUT2D eigenvalue weighted by atomic mass is 16.2. The van der Waals surface area contributed by atoms with Gasteiger partial charge in [-0.1, -0.05) is 6.42 Å². The van der Waals surface area contributed by atoms with E-state index in [2.05, 4.69) is 20.2 Å². The third kappa shape index (κ3) is 5.56. The van der Waals surface area contributed by atoms with Crippen molar-refractivity contribution in [3.05, 3.63) is 18.2 Å². The maximum absolute atomic E-state index is 12.2. The Balaban J connectivity index is 1.33. The molecule has 1 aromatic heterocycles. The van der Waals surface area contributed by atoms with Gasteiger partial charge in [0.25, 0.3) is 0 Å². The van der Waals surface area contributed by atoms with Gasteiger partial charge in [0, 0.05) is 50.9 Å². The van der Waals surface area contributed by atoms with Gasteiger partial charge in [-0.2, -0.15) is 0 Å². The number of nitrogens with one attached hydrogen (secondary N) is 2. The van der Waals surface area contributed by atoms with Crippen molar-refractivity contribution in [2.75, 3.05) is 39.3 Å². The molecule has 2 aliphatic rings. The van der Waals surface area contributed by atoms with Crippen molar-refractivity contribution in [2.45, 2.75) is 50.9 Å². The minimum Gasteiger partial charge on any atom is -0.355 e. The topological polar surface area (TPSA) is 81.3 Å². The van der Waals surface area contributed by atoms with Gasteiger partial charge >= 0.3 is 0 Å². The number of rotatable bonds is 7. The van der Waals surface area contributed by atoms with Gasteiger partial charge in [0.1, 0.15) is 5.82 Å². The van der Waals surface area contributed by atoms with Crippen LogP contribution >= 0.6 is 0 Å². The second-order valence-corrected chi connectivity index (χ2v) is 7.44. The number of imidazole rings is 1. The van der Waals surface area contributed by atoms with Crippen molar-refractivity contribution >= 4 is 11.8 Å². The first-order valence-corrected chi connectivity index (χ1v) is 9.98. The predicted octanol–water partition coefficient (Wildman–Crippen LogP) is 1.50. The fourth-order valence-electron chi connectivity index (χ4n) is 3.95. The summed E-state index contributed by atoms with van der Waals surface area (Å²) in [6.45, 7) is 4.55. The van der Waals surface area contributed by atoms with Crippen molar-refractivity contribution in [1.82, 2.24) is 25.1 Å². The Bertz CT molecular complexity index is 574. The summed E-state index contributed by atoms with van der Waals surface area (Å²) in [5.74, 6) is 1.76. The van der Waals surface area contributed by atoms with Crippen LogP contribution in [0.3, 0.4) is 0 Å². The monoisotopic (exact) mass is 361 g/mol. The standard InChI is InChI=1S/C19H31N5O2/c25-17(20-8-5-13-24-12-3-1-2-7-18(24)26)15-23-11-4-6-16(14-23)19-21-9-10-22-19/h9-10,16H,1-8,11-15H2,(H,20,25)(H,21,22)/t16-/m1/s1. The minimum atomic E-state index is 0.0762. The number of likely N-dealkylation sites (tertiary alicyclic amines) is 2. The van der Waals surface area contributed by atoms with E-state index in [9.17, 15) is 9.59 Å². The van der Waals surface area contributed by atoms with Gasteiger partial charge in [0.05, 0.1) is 6.54 Å². The first-order chi connectivity index (χ1) is 12.7. The van der Waals surface area contributed by atoms with Gasteiger partial charge in [0.15, 0.2) is 0 Å². The van der Waals surface area contributed by atoms with Gasteiger partial charge in [-0.25, -0.2) is 4.98 Å². The van der Waals surface area contributed by atoms with E-state index in [0.29, 0.717) is 25.4 Å². The first kappa shape index (κ1) is 18.9. The van der Waals surface area contributed by atoms with E-state index in [1.54, 1.807) is 6.20 Å². The van der Waals surface area contributed by atoms with Crippen LogP contribution in [0.25, 0.3) is 0 Å². The summed E-state index contributed by atoms with van der Waals surface area (Å²) < 4.78 is 0. The lowest BCUT2D eigenvalue weighted by molar-refractivity contribution is -0.130. The number of H-pyrrole nitrogens is 1. The summed E-state index contributed by atoms with van der Waals surface area (Å²) in [5.41, 5.74) is 0. The van der Waals surface area contributed by atoms with Crippen molar-refractivity contribution < 1.29 is 9.59 Å². The van der Waals surface area contributed by atoms with Crippen LogP contribution in [0.15, 0.2) is 12.4 Å². The predicted molar refractivity (Wildman–Crippen MR) is 99.7 cm³/mol. The maximum atomic E-state index is 12.2. The molecule has 144 valence electrons. The number of nitrogens with zero attached hydrogens (tertiary/aromatic N) is 3. The van der Waals surface area contributed by atoms with Crippen LogP contribution in [0, 0.1) is 0 Å². The normalized spacial score (nSPS) is 22.2. The van der Waals surface area contributed by atoms with E-state index in [0.717, 1.165) is 70.5 Å². The van der Waals surface area contributed by atoms with Crippen LogP contribution in [-0.2, 0) is 9.59 Å². The largest absolute Gasteiger partial charge is 0.355 e. The zero-order valence-electron chi connectivity index (χ0n) is 15.6. The van der Waals surface area contributed by atoms with Gasteiger partial charge in [-0.05, 0) is 38.6 Å². The third-order valence-corrected chi connectivity index (χ3v) is 5.38. The highest BCUT2D eigenvalue weighted by Gasteiger charge is 2.24. The third-order valence-electron chi connectivity index (χ3n) is 5.38. The zero-order valence-corrected chi connectivity index (χ0v) is 15.6. The zero-order chi connectivity index (χ0) is 18.2. The average Bonchev–Trinajstić information content (AvgIpc) is 3.10. The molecule has 0 spiro atoms. The smallest absolute Gasteiger partial charge is 0.234 e. The number of aromatic nitrogens is 2. The molecule has 2 fully saturated rings. The number of aromatic amines is 1. The molecule has 7 heteroatoms. The van der Waals surface area contributed by atoms with Crippen LogP contribution in [0.2, 0.25) is 0 Å². The Hall–Kier alpha value is -1.89. The molecule has 1 aromatic rings. The first-order valence-electron chi connectivity index (χ1n) is 9.98. The molecule has 0 bridgehead atoms. The maximum Gasteiger partial charge on any atom is 0.234 e. The summed E-state index contributed by atoms with van der Waals surface area (Å²) in [4.78, 5) is 35.9.